The molecule has 15 heavy (non-hydrogen) atoms. The summed E-state index contributed by atoms with van der Waals surface area (Å²) < 4.78 is 2.76. The van der Waals surface area contributed by atoms with E-state index in [1.54, 1.807) is 6.07 Å². The average Bonchev–Trinajstić information content (AvgIpc) is 2.55. The zero-order valence-electron chi connectivity index (χ0n) is 8.45. The van der Waals surface area contributed by atoms with Crippen LogP contribution in [0.3, 0.4) is 0 Å². The number of rotatable bonds is 2. The van der Waals surface area contributed by atoms with Crippen LogP contribution >= 0.6 is 12.2 Å². The van der Waals surface area contributed by atoms with Crippen molar-refractivity contribution in [2.24, 2.45) is 0 Å². The van der Waals surface area contributed by atoms with Gasteiger partial charge in [0.05, 0.1) is 22.7 Å². The van der Waals surface area contributed by atoms with E-state index in [0.717, 1.165) is 28.8 Å². The molecule has 0 aliphatic carbocycles. The van der Waals surface area contributed by atoms with Crippen LogP contribution in [0, 0.1) is 16.1 Å². The molecule has 76 valence electrons. The smallest absolute Gasteiger partial charge is 0.178 e. The van der Waals surface area contributed by atoms with Crippen LogP contribution in [0.5, 0.6) is 0 Å². The average molecular weight is 217 g/mol. The second-order valence-electron chi connectivity index (χ2n) is 3.43. The predicted octanol–water partition coefficient (Wildman–Crippen LogP) is 2.98. The minimum absolute atomic E-state index is 0.668. The molecular formula is C11H11N3S. The number of benzene rings is 1. The molecule has 2 rings (SSSR count). The first kappa shape index (κ1) is 9.94. The van der Waals surface area contributed by atoms with Crippen molar-refractivity contribution in [2.45, 2.75) is 19.9 Å². The lowest BCUT2D eigenvalue weighted by Crippen LogP contribution is -1.96. The van der Waals surface area contributed by atoms with Crippen molar-refractivity contribution in [3.05, 3.63) is 28.5 Å². The second-order valence-corrected chi connectivity index (χ2v) is 3.81. The van der Waals surface area contributed by atoms with Gasteiger partial charge in [-0.05, 0) is 36.8 Å². The molecular weight excluding hydrogens is 206 g/mol. The molecule has 0 saturated carbocycles. The van der Waals surface area contributed by atoms with Crippen molar-refractivity contribution in [1.29, 1.82) is 5.26 Å². The minimum atomic E-state index is 0.668. The van der Waals surface area contributed by atoms with Gasteiger partial charge in [-0.1, -0.05) is 6.92 Å². The molecule has 4 heteroatoms. The van der Waals surface area contributed by atoms with Crippen LogP contribution in [0.1, 0.15) is 18.9 Å². The molecule has 0 saturated heterocycles. The molecule has 0 aliphatic rings. The number of aromatic amines is 1. The molecule has 0 unspecified atom stereocenters. The Balaban J connectivity index is 2.73. The Bertz CT molecular complexity index is 586. The largest absolute Gasteiger partial charge is 0.331 e. The fourth-order valence-electron chi connectivity index (χ4n) is 1.67. The molecule has 1 aromatic heterocycles. The highest BCUT2D eigenvalue weighted by atomic mass is 32.1. The lowest BCUT2D eigenvalue weighted by atomic mass is 10.2. The minimum Gasteiger partial charge on any atom is -0.331 e. The van der Waals surface area contributed by atoms with Gasteiger partial charge < -0.3 is 9.55 Å². The van der Waals surface area contributed by atoms with Crippen LogP contribution in [0.25, 0.3) is 11.0 Å². The Morgan fingerprint density at radius 2 is 2.33 bits per heavy atom. The Kier molecular flexibility index (Phi) is 2.57. The van der Waals surface area contributed by atoms with E-state index in [2.05, 4.69) is 18.0 Å². The number of aromatic nitrogens is 2. The van der Waals surface area contributed by atoms with Crippen LogP contribution in [-0.4, -0.2) is 9.55 Å². The quantitative estimate of drug-likeness (QED) is 0.786. The summed E-state index contributed by atoms with van der Waals surface area (Å²) in [6.45, 7) is 2.99. The molecule has 0 spiro atoms. The van der Waals surface area contributed by atoms with Gasteiger partial charge in [0.15, 0.2) is 4.77 Å². The highest BCUT2D eigenvalue weighted by molar-refractivity contribution is 7.71. The van der Waals surface area contributed by atoms with Crippen molar-refractivity contribution in [3.63, 3.8) is 0 Å². The zero-order valence-corrected chi connectivity index (χ0v) is 9.27. The van der Waals surface area contributed by atoms with Crippen molar-refractivity contribution >= 4 is 23.3 Å². The van der Waals surface area contributed by atoms with E-state index >= 15 is 0 Å². The van der Waals surface area contributed by atoms with Crippen LogP contribution in [0.15, 0.2) is 18.2 Å². The van der Waals surface area contributed by atoms with Crippen LogP contribution in [-0.2, 0) is 6.54 Å². The molecule has 0 bridgehead atoms. The van der Waals surface area contributed by atoms with Gasteiger partial charge in [0.1, 0.15) is 0 Å². The SMILES string of the molecule is CCCn1c(=S)[nH]c2ccc(C#N)cc21. The molecule has 1 aromatic carbocycles. The lowest BCUT2D eigenvalue weighted by Gasteiger charge is -2.01. The van der Waals surface area contributed by atoms with E-state index in [1.165, 1.54) is 0 Å². The Hall–Kier alpha value is -1.60. The van der Waals surface area contributed by atoms with Gasteiger partial charge in [-0.25, -0.2) is 0 Å². The zero-order chi connectivity index (χ0) is 10.8. The molecule has 3 nitrogen and oxygen atoms in total. The first-order valence-electron chi connectivity index (χ1n) is 4.89. The maximum atomic E-state index is 8.83. The van der Waals surface area contributed by atoms with Crippen molar-refractivity contribution in [3.8, 4) is 6.07 Å². The normalized spacial score (nSPS) is 10.4. The Morgan fingerprint density at radius 1 is 1.53 bits per heavy atom. The summed E-state index contributed by atoms with van der Waals surface area (Å²) in [7, 11) is 0. The van der Waals surface area contributed by atoms with Gasteiger partial charge in [0.25, 0.3) is 0 Å². The number of imidazole rings is 1. The summed E-state index contributed by atoms with van der Waals surface area (Å²) in [6.07, 6.45) is 1.03. The van der Waals surface area contributed by atoms with Crippen LogP contribution in [0.2, 0.25) is 0 Å². The predicted molar refractivity (Wildman–Crippen MR) is 62.1 cm³/mol. The summed E-state index contributed by atoms with van der Waals surface area (Å²) in [6, 6.07) is 7.70. The van der Waals surface area contributed by atoms with Gasteiger partial charge in [-0.2, -0.15) is 5.26 Å². The summed E-state index contributed by atoms with van der Waals surface area (Å²) in [5.74, 6) is 0. The maximum absolute atomic E-state index is 8.83. The summed E-state index contributed by atoms with van der Waals surface area (Å²) in [4.78, 5) is 3.13. The van der Waals surface area contributed by atoms with Crippen molar-refractivity contribution < 1.29 is 0 Å². The van der Waals surface area contributed by atoms with Gasteiger partial charge in [-0.3, -0.25) is 0 Å². The molecule has 0 amide bonds. The van der Waals surface area contributed by atoms with Crippen LogP contribution < -0.4 is 0 Å². The van der Waals surface area contributed by atoms with E-state index in [-0.39, 0.29) is 0 Å². The highest BCUT2D eigenvalue weighted by Gasteiger charge is 2.03. The first-order valence-corrected chi connectivity index (χ1v) is 5.29. The van der Waals surface area contributed by atoms with Gasteiger partial charge >= 0.3 is 0 Å². The highest BCUT2D eigenvalue weighted by Crippen LogP contribution is 2.16. The standard InChI is InChI=1S/C11H11N3S/c1-2-5-14-10-6-8(7-12)3-4-9(10)13-11(14)15/h3-4,6H,2,5H2,1H3,(H,13,15). The monoisotopic (exact) mass is 217 g/mol. The number of fused-ring (bicyclic) bond motifs is 1. The lowest BCUT2D eigenvalue weighted by molar-refractivity contribution is 0.688. The third kappa shape index (κ3) is 1.66. The molecule has 0 atom stereocenters. The third-order valence-electron chi connectivity index (χ3n) is 2.35. The number of nitrogens with zero attached hydrogens (tertiary/aromatic N) is 2. The number of H-pyrrole nitrogens is 1. The number of nitrogens with one attached hydrogen (secondary N) is 1. The van der Waals surface area contributed by atoms with Gasteiger partial charge in [-0.15, -0.1) is 0 Å². The summed E-state index contributed by atoms with van der Waals surface area (Å²) in [5, 5.41) is 8.83. The molecule has 2 aromatic rings. The number of hydrogen-bond acceptors (Lipinski definition) is 2. The van der Waals surface area contributed by atoms with Gasteiger partial charge in [0, 0.05) is 6.54 Å². The molecule has 0 fully saturated rings. The summed E-state index contributed by atoms with van der Waals surface area (Å²) >= 11 is 5.22. The molecule has 0 radical (unpaired) electrons. The number of hydrogen-bond donors (Lipinski definition) is 1. The van der Waals surface area contributed by atoms with E-state index < -0.39 is 0 Å². The fraction of sp³-hybridized carbons (Fsp3) is 0.273. The van der Waals surface area contributed by atoms with E-state index in [0.29, 0.717) is 5.56 Å². The fourth-order valence-corrected chi connectivity index (χ4v) is 1.97. The molecule has 1 N–H and O–H groups in total. The topological polar surface area (TPSA) is 44.5 Å². The molecule has 0 aliphatic heterocycles. The van der Waals surface area contributed by atoms with Crippen LogP contribution in [0.4, 0.5) is 0 Å². The van der Waals surface area contributed by atoms with Gasteiger partial charge in [0.2, 0.25) is 0 Å². The van der Waals surface area contributed by atoms with Crippen molar-refractivity contribution in [2.75, 3.05) is 0 Å². The van der Waals surface area contributed by atoms with Crippen molar-refractivity contribution in [1.82, 2.24) is 9.55 Å². The molecule has 1 heterocycles. The van der Waals surface area contributed by atoms with E-state index in [1.807, 2.05) is 16.7 Å². The number of aryl methyl sites for hydroxylation is 1. The van der Waals surface area contributed by atoms with E-state index in [9.17, 15) is 0 Å². The number of nitriles is 1. The van der Waals surface area contributed by atoms with E-state index in [4.69, 9.17) is 17.5 Å². The first-order chi connectivity index (χ1) is 7.26. The Labute approximate surface area is 93.0 Å². The Morgan fingerprint density at radius 3 is 3.00 bits per heavy atom. The second kappa shape index (κ2) is 3.87. The third-order valence-corrected chi connectivity index (χ3v) is 2.67. The summed E-state index contributed by atoms with van der Waals surface area (Å²) in [5.41, 5.74) is 2.68. The maximum Gasteiger partial charge on any atom is 0.178 e.